The van der Waals surface area contributed by atoms with Gasteiger partial charge in [-0.05, 0) is 80.0 Å². The Labute approximate surface area is 242 Å². The number of amides is 1. The molecule has 0 saturated heterocycles. The molecule has 3 atom stereocenters. The van der Waals surface area contributed by atoms with Gasteiger partial charge in [0.1, 0.15) is 28.9 Å². The Morgan fingerprint density at radius 2 is 1.62 bits per heavy atom. The fraction of sp³-hybridized carbons (Fsp3) is 0.357. The summed E-state index contributed by atoms with van der Waals surface area (Å²) >= 11 is 6.23. The van der Waals surface area contributed by atoms with Gasteiger partial charge in [0.15, 0.2) is 21.5 Å². The number of anilines is 1. The molecule has 2 saturated carbocycles. The van der Waals surface area contributed by atoms with Crippen molar-refractivity contribution in [2.75, 3.05) is 5.32 Å². The number of alkyl halides is 2. The molecule has 5 rings (SSSR count). The Bertz CT molecular complexity index is 1640. The van der Waals surface area contributed by atoms with Gasteiger partial charge >= 0.3 is 0 Å². The van der Waals surface area contributed by atoms with E-state index in [1.165, 1.54) is 12.1 Å². The Kier molecular flexibility index (Phi) is 8.07. The highest BCUT2D eigenvalue weighted by Gasteiger charge is 2.60. The molecule has 3 N–H and O–H groups in total. The first-order chi connectivity index (χ1) is 19.7. The molecule has 3 unspecified atom stereocenters. The normalized spacial score (nSPS) is 24.5. The van der Waals surface area contributed by atoms with E-state index in [0.29, 0.717) is 0 Å². The summed E-state index contributed by atoms with van der Waals surface area (Å²) < 4.78 is 95.2. The van der Waals surface area contributed by atoms with E-state index in [1.807, 2.05) is 0 Å². The van der Waals surface area contributed by atoms with Crippen LogP contribution in [0.3, 0.4) is 0 Å². The highest BCUT2D eigenvalue weighted by atomic mass is 35.5. The number of aliphatic hydroxyl groups is 2. The largest absolute Gasteiger partial charge is 0.386 e. The fourth-order valence-corrected chi connectivity index (χ4v) is 8.47. The lowest BCUT2D eigenvalue weighted by Gasteiger charge is -2.45. The lowest BCUT2D eigenvalue weighted by atomic mass is 9.70. The van der Waals surface area contributed by atoms with Gasteiger partial charge in [-0.15, -0.1) is 0 Å². The smallest absolute Gasteiger partial charge is 0.280 e. The molecule has 1 amide bonds. The van der Waals surface area contributed by atoms with E-state index in [4.69, 9.17) is 11.6 Å². The summed E-state index contributed by atoms with van der Waals surface area (Å²) in [6, 6.07) is 7.72. The van der Waals surface area contributed by atoms with Crippen molar-refractivity contribution in [3.8, 4) is 0 Å². The molecular weight excluding hydrogens is 607 g/mol. The van der Waals surface area contributed by atoms with Gasteiger partial charge < -0.3 is 15.5 Å². The molecule has 1 aromatic heterocycles. The number of hydrogen-bond donors (Lipinski definition) is 3. The number of rotatable bonds is 7. The van der Waals surface area contributed by atoms with Crippen molar-refractivity contribution in [2.24, 2.45) is 11.8 Å². The Morgan fingerprint density at radius 1 is 0.976 bits per heavy atom. The molecule has 0 spiro atoms. The maximum Gasteiger partial charge on any atom is 0.280 e. The maximum absolute atomic E-state index is 14.5. The summed E-state index contributed by atoms with van der Waals surface area (Å²) in [7, 11) is -4.23. The van der Waals surface area contributed by atoms with Gasteiger partial charge in [-0.25, -0.2) is 35.4 Å². The van der Waals surface area contributed by atoms with Crippen molar-refractivity contribution in [2.45, 2.75) is 54.0 Å². The summed E-state index contributed by atoms with van der Waals surface area (Å²) in [5.74, 6) is -5.89. The summed E-state index contributed by atoms with van der Waals surface area (Å²) in [5.41, 5.74) is -3.73. The molecule has 1 heterocycles. The maximum atomic E-state index is 14.5. The van der Waals surface area contributed by atoms with E-state index < -0.39 is 79.8 Å². The number of carbonyl (C=O) groups excluding carboxylic acids is 1. The zero-order valence-electron chi connectivity index (χ0n) is 21.6. The third kappa shape index (κ3) is 5.27. The van der Waals surface area contributed by atoms with Crippen LogP contribution in [0.5, 0.6) is 0 Å². The predicted molar refractivity (Wildman–Crippen MR) is 141 cm³/mol. The molecule has 7 nitrogen and oxygen atoms in total. The molecule has 0 radical (unpaired) electrons. The second-order valence-corrected chi connectivity index (χ2v) is 13.1. The van der Waals surface area contributed by atoms with Crippen LogP contribution >= 0.6 is 11.6 Å². The quantitative estimate of drug-likeness (QED) is 0.286. The molecule has 2 aromatic carbocycles. The number of aromatic nitrogens is 1. The van der Waals surface area contributed by atoms with Gasteiger partial charge in [-0.1, -0.05) is 11.6 Å². The van der Waals surface area contributed by atoms with Gasteiger partial charge in [0.05, 0.1) is 15.2 Å². The zero-order valence-corrected chi connectivity index (χ0v) is 23.1. The minimum atomic E-state index is -4.23. The van der Waals surface area contributed by atoms with Crippen molar-refractivity contribution in [3.63, 3.8) is 0 Å². The van der Waals surface area contributed by atoms with Crippen LogP contribution in [0.2, 0.25) is 5.02 Å². The number of pyridine rings is 1. The van der Waals surface area contributed by atoms with E-state index in [-0.39, 0.29) is 46.9 Å². The number of benzene rings is 2. The minimum absolute atomic E-state index is 0.0648. The monoisotopic (exact) mass is 630 g/mol. The lowest BCUT2D eigenvalue weighted by Crippen LogP contribution is -2.52. The van der Waals surface area contributed by atoms with Crippen LogP contribution in [0, 0.1) is 29.3 Å². The summed E-state index contributed by atoms with van der Waals surface area (Å²) in [5, 5.41) is 23.7. The third-order valence-electron chi connectivity index (χ3n) is 8.20. The van der Waals surface area contributed by atoms with Gasteiger partial charge in [0.2, 0.25) is 0 Å². The standard InChI is InChI=1S/C28H24ClF5N2O5S/c29-18-5-1-13(27(38)35-16-4-6-19(30)21(32)12-16)9-23(18)42(40,41)17-10-14-2-3-15(11-17)28(14,39)25(37)24-20(31)7-8-22(36-24)26(33)34/h1,4-9,12,14-15,17,25-26,37,39H,2-3,10-11H2,(H,35,38). The second kappa shape index (κ2) is 11.2. The van der Waals surface area contributed by atoms with Crippen molar-refractivity contribution < 1.29 is 45.4 Å². The topological polar surface area (TPSA) is 117 Å². The molecule has 224 valence electrons. The van der Waals surface area contributed by atoms with Crippen molar-refractivity contribution in [3.05, 3.63) is 88.0 Å². The summed E-state index contributed by atoms with van der Waals surface area (Å²) in [6.07, 6.45) is -4.78. The van der Waals surface area contributed by atoms with E-state index in [0.717, 1.165) is 36.4 Å². The number of nitrogens with zero attached hydrogens (tertiary/aromatic N) is 1. The SMILES string of the molecule is O=C(Nc1ccc(F)c(F)c1)c1ccc(Cl)c(S(=O)(=O)C2CC3CCC(C2)C3(O)C(O)c2nc(C(F)F)ccc2F)c1. The number of nitrogens with one attached hydrogen (secondary N) is 1. The molecule has 2 aliphatic carbocycles. The first kappa shape index (κ1) is 30.3. The van der Waals surface area contributed by atoms with Gasteiger partial charge in [0, 0.05) is 17.3 Å². The molecule has 14 heteroatoms. The number of sulfone groups is 1. The van der Waals surface area contributed by atoms with E-state index in [9.17, 15) is 45.4 Å². The molecule has 3 aromatic rings. The van der Waals surface area contributed by atoms with Crippen LogP contribution in [0.15, 0.2) is 53.4 Å². The zero-order chi connectivity index (χ0) is 30.6. The third-order valence-corrected chi connectivity index (χ3v) is 10.9. The molecule has 42 heavy (non-hydrogen) atoms. The Morgan fingerprint density at radius 3 is 2.24 bits per heavy atom. The van der Waals surface area contributed by atoms with Crippen molar-refractivity contribution in [1.29, 1.82) is 0 Å². The van der Waals surface area contributed by atoms with Crippen LogP contribution in [0.4, 0.5) is 27.6 Å². The second-order valence-electron chi connectivity index (χ2n) is 10.5. The number of fused-ring (bicyclic) bond motifs is 2. The number of aliphatic hydroxyl groups excluding tert-OH is 1. The first-order valence-electron chi connectivity index (χ1n) is 12.9. The molecular formula is C28H24ClF5N2O5S. The first-order valence-corrected chi connectivity index (χ1v) is 14.8. The van der Waals surface area contributed by atoms with Crippen LogP contribution in [0.1, 0.15) is 60.0 Å². The van der Waals surface area contributed by atoms with Crippen molar-refractivity contribution >= 4 is 33.0 Å². The lowest BCUT2D eigenvalue weighted by molar-refractivity contribution is -0.147. The van der Waals surface area contributed by atoms with E-state index in [2.05, 4.69) is 10.3 Å². The minimum Gasteiger partial charge on any atom is -0.386 e. The van der Waals surface area contributed by atoms with Gasteiger partial charge in [-0.2, -0.15) is 0 Å². The molecule has 2 fully saturated rings. The van der Waals surface area contributed by atoms with Crippen LogP contribution in [0.25, 0.3) is 0 Å². The molecule has 0 aliphatic heterocycles. The Hall–Kier alpha value is -3.13. The van der Waals surface area contributed by atoms with Gasteiger partial charge in [-0.3, -0.25) is 4.79 Å². The summed E-state index contributed by atoms with van der Waals surface area (Å²) in [6.45, 7) is 0. The average molecular weight is 631 g/mol. The van der Waals surface area contributed by atoms with E-state index in [1.54, 1.807) is 0 Å². The highest BCUT2D eigenvalue weighted by Crippen LogP contribution is 2.56. The molecule has 2 aliphatic rings. The Balaban J connectivity index is 1.40. The van der Waals surface area contributed by atoms with E-state index >= 15 is 0 Å². The van der Waals surface area contributed by atoms with Crippen LogP contribution < -0.4 is 5.32 Å². The number of hydrogen-bond acceptors (Lipinski definition) is 6. The molecule has 2 bridgehead atoms. The highest BCUT2D eigenvalue weighted by molar-refractivity contribution is 7.92. The predicted octanol–water partition coefficient (Wildman–Crippen LogP) is 5.77. The summed E-state index contributed by atoms with van der Waals surface area (Å²) in [4.78, 5) is 15.9. The number of carbonyl (C=O) groups is 1. The van der Waals surface area contributed by atoms with Crippen molar-refractivity contribution in [1.82, 2.24) is 4.98 Å². The van der Waals surface area contributed by atoms with Gasteiger partial charge in [0.25, 0.3) is 12.3 Å². The van der Waals surface area contributed by atoms with Crippen LogP contribution in [-0.2, 0) is 9.84 Å². The average Bonchev–Trinajstić information content (AvgIpc) is 3.10. The number of halogens is 6. The van der Waals surface area contributed by atoms with Crippen LogP contribution in [-0.4, -0.2) is 40.4 Å². The fourth-order valence-electron chi connectivity index (χ4n) is 6.07.